The van der Waals surface area contributed by atoms with Crippen LogP contribution in [0.4, 0.5) is 22.7 Å². The van der Waals surface area contributed by atoms with Crippen LogP contribution in [0.1, 0.15) is 384 Å². The van der Waals surface area contributed by atoms with Gasteiger partial charge in [0.1, 0.15) is 0 Å². The van der Waals surface area contributed by atoms with Gasteiger partial charge in [-0.1, -0.05) is 384 Å². The fourth-order valence-electron chi connectivity index (χ4n) is 13.9. The van der Waals surface area contributed by atoms with Crippen LogP contribution in [0.5, 0.6) is 0 Å². The predicted molar refractivity (Wildman–Crippen MR) is 462 cm³/mol. The molecule has 0 aliphatic carbocycles. The fourth-order valence-corrected chi connectivity index (χ4v) is 26.0. The summed E-state index contributed by atoms with van der Waals surface area (Å²) in [6.07, 6.45) is 0. The van der Waals surface area contributed by atoms with E-state index >= 15 is 0 Å². The minimum absolute atomic E-state index is 0. The summed E-state index contributed by atoms with van der Waals surface area (Å²) in [6.45, 7) is 88.5. The van der Waals surface area contributed by atoms with E-state index in [1.165, 1.54) is 44.5 Å². The molecule has 0 heterocycles. The molecule has 0 atom stereocenters. The summed E-state index contributed by atoms with van der Waals surface area (Å²) in [5.41, 5.74) is 16.4. The second-order valence-electron chi connectivity index (χ2n) is 35.4. The third-order valence-corrected chi connectivity index (χ3v) is 30.3. The topological polar surface area (TPSA) is 99.1 Å². The second-order valence-corrected chi connectivity index (χ2v) is 46.1. The molecule has 1 N–H and O–H groups in total. The number of para-hydroxylation sites is 4. The van der Waals surface area contributed by atoms with Crippen molar-refractivity contribution in [1.82, 2.24) is 0 Å². The maximum Gasteiger partial charge on any atom is 3.00 e. The fraction of sp³-hybridized carbons (Fsp3) is 0.652. The molecule has 6 nitrogen and oxygen atoms in total. The van der Waals surface area contributed by atoms with Crippen molar-refractivity contribution in [2.45, 2.75) is 381 Å². The van der Waals surface area contributed by atoms with Gasteiger partial charge < -0.3 is 58.1 Å². The summed E-state index contributed by atoms with van der Waals surface area (Å²) in [5.74, 6) is 3.44. The van der Waals surface area contributed by atoms with Gasteiger partial charge in [0.2, 0.25) is 0 Å². The minimum atomic E-state index is -2.02. The molecule has 570 valence electrons. The van der Waals surface area contributed by atoms with Gasteiger partial charge in [-0.05, 0) is 121 Å². The average molecular weight is 1560 g/mol. The van der Waals surface area contributed by atoms with E-state index in [1.54, 1.807) is 0 Å². The largest absolute Gasteiger partial charge is 3.00 e. The first-order valence-electron chi connectivity index (χ1n) is 34.6. The van der Waals surface area contributed by atoms with Crippen molar-refractivity contribution in [3.05, 3.63) is 170 Å². The van der Waals surface area contributed by atoms with Gasteiger partial charge in [-0.3, -0.25) is 9.98 Å². The van der Waals surface area contributed by atoms with Crippen LogP contribution in [-0.4, -0.2) is 53.4 Å². The predicted octanol–water partition coefficient (Wildman–Crippen LogP) is 33.3. The van der Waals surface area contributed by atoms with Crippen LogP contribution >= 0.6 is 14.1 Å². The molecule has 0 amide bonds. The van der Waals surface area contributed by atoms with Crippen molar-refractivity contribution in [1.29, 1.82) is 5.16 Å². The van der Waals surface area contributed by atoms with E-state index < -0.39 is 25.2 Å². The van der Waals surface area contributed by atoms with Gasteiger partial charge in [-0.25, -0.2) is 7.05 Å². The monoisotopic (exact) mass is 1560 g/mol. The van der Waals surface area contributed by atoms with Gasteiger partial charge in [0, 0.05) is 11.4 Å². The summed E-state index contributed by atoms with van der Waals surface area (Å²) in [5, 5.41) is 31.1. The van der Waals surface area contributed by atoms with E-state index in [0.29, 0.717) is 47.3 Å². The van der Waals surface area contributed by atoms with Crippen molar-refractivity contribution in [3.63, 3.8) is 0 Å². The maximum atomic E-state index is 11.1. The van der Waals surface area contributed by atoms with Gasteiger partial charge in [0.15, 0.2) is 0 Å². The van der Waals surface area contributed by atoms with Crippen LogP contribution < -0.4 is 0 Å². The standard InChI is InChI=1S/2C29H43N2.C12H28NP.C12H27NP.2CH4.5CH3.2Zr/c2*1-18(2)23-14-12-15-24(19(3)4)27(23)30-22(9)29(10,11)31-28-25(20(5)6)16-13-17-26(28)21(7)8;2*1-10(2,3)14(13,11(4,5)6)12(7,8)9;;;;;;;;;/h2*12-21H,1-11H3;13H,1-9H3;1-9H3;2*1H4;5*1H3;;/q2*-1;;-1;;;5*-1;2*+3. The molecular formula is C89H164N6P2Zr2-2. The zero-order valence-corrected chi connectivity index (χ0v) is 78.9. The van der Waals surface area contributed by atoms with Crippen LogP contribution in [0.3, 0.4) is 0 Å². The van der Waals surface area contributed by atoms with Gasteiger partial charge in [0.25, 0.3) is 0 Å². The molecule has 99 heavy (non-hydrogen) atoms. The Balaban J connectivity index is -0.000000160. The van der Waals surface area contributed by atoms with Crippen molar-refractivity contribution in [2.75, 3.05) is 0 Å². The minimum Gasteiger partial charge on any atom is -0.807 e. The van der Waals surface area contributed by atoms with Gasteiger partial charge in [-0.2, -0.15) is 0 Å². The van der Waals surface area contributed by atoms with E-state index in [9.17, 15) is 5.16 Å². The molecule has 10 heteroatoms. The first kappa shape index (κ1) is 115. The zero-order chi connectivity index (χ0) is 71.0. The average Bonchev–Trinajstić information content (AvgIpc) is 3.36. The molecule has 0 spiro atoms. The van der Waals surface area contributed by atoms with E-state index in [-0.39, 0.29) is 135 Å². The number of nitrogens with zero attached hydrogens (tertiary/aromatic N) is 5. The van der Waals surface area contributed by atoms with Crippen LogP contribution in [0.25, 0.3) is 15.8 Å². The SMILES string of the molecule is C.C.CC(=Nc1c(C(C)C)cccc1C(C)C)C(C)(C)[N-]c1c(C(C)C)cccc1C(C)C.CC(=Nc1c(C(C)C)cccc1C(C)C)C(C)(C)[N-]c1c(C(C)C)cccc1C(C)C.CC(C)(C)P(=N)(C(C)(C)C)C(C)(C)C.CC(C)(C)P(=[N-])(C(C)(C)C)C(C)(C)C.[CH3-].[CH3-].[CH3-].[CH3-].[CH3-].[Zr+3].[Zr+3]. The summed E-state index contributed by atoms with van der Waals surface area (Å²) >= 11 is 0. The smallest absolute Gasteiger partial charge is 0.807 e. The number of hydrogen-bond donors (Lipinski definition) is 1. The van der Waals surface area contributed by atoms with Gasteiger partial charge >= 0.3 is 52.4 Å². The van der Waals surface area contributed by atoms with Crippen molar-refractivity contribution in [3.8, 4) is 0 Å². The molecular weight excluding hydrogens is 1400 g/mol. The summed E-state index contributed by atoms with van der Waals surface area (Å²) in [7, 11) is -3.79. The van der Waals surface area contributed by atoms with Crippen LogP contribution in [0, 0.1) is 42.3 Å². The molecule has 0 aliphatic heterocycles. The summed E-state index contributed by atoms with van der Waals surface area (Å²) < 4.78 is 0. The number of hydrogen-bond acceptors (Lipinski definition) is 3. The first-order chi connectivity index (χ1) is 40.2. The Hall–Kier alpha value is -1.95. The third kappa shape index (κ3) is 29.4. The van der Waals surface area contributed by atoms with Crippen molar-refractivity contribution >= 4 is 48.3 Å². The normalized spacial score (nSPS) is 12.6. The number of nitrogens with one attached hydrogen (secondary N) is 1. The number of aliphatic imine (C=N–C) groups is 2. The maximum absolute atomic E-state index is 11.1. The van der Waals surface area contributed by atoms with Crippen LogP contribution in [0.15, 0.2) is 82.8 Å². The summed E-state index contributed by atoms with van der Waals surface area (Å²) in [6, 6.07) is 26.5. The quantitative estimate of drug-likeness (QED) is 0.0657. The van der Waals surface area contributed by atoms with E-state index in [0.717, 1.165) is 34.2 Å². The van der Waals surface area contributed by atoms with Crippen LogP contribution in [0.2, 0.25) is 0 Å². The van der Waals surface area contributed by atoms with E-state index in [1.807, 2.05) is 0 Å². The molecule has 4 aromatic carbocycles. The summed E-state index contributed by atoms with van der Waals surface area (Å²) in [4.78, 5) is 10.5. The Bertz CT molecular complexity index is 2710. The van der Waals surface area contributed by atoms with Crippen LogP contribution in [-0.2, 0) is 52.4 Å². The Kier molecular flexibility index (Phi) is 51.6. The Morgan fingerprint density at radius 1 is 0.323 bits per heavy atom. The van der Waals surface area contributed by atoms with Crippen molar-refractivity contribution < 1.29 is 52.4 Å². The molecule has 0 fully saturated rings. The third-order valence-electron chi connectivity index (χ3n) is 18.4. The molecule has 4 aromatic rings. The molecule has 0 bridgehead atoms. The van der Waals surface area contributed by atoms with E-state index in [2.05, 4.69) is 350 Å². The molecule has 0 aliphatic rings. The molecule has 0 unspecified atom stereocenters. The molecule has 0 saturated carbocycles. The second kappa shape index (κ2) is 44.2. The molecule has 0 saturated heterocycles. The molecule has 4 rings (SSSR count). The van der Waals surface area contributed by atoms with Gasteiger partial charge in [-0.15, -0.1) is 11.4 Å². The number of benzene rings is 4. The first-order valence-corrected chi connectivity index (χ1v) is 38.1. The van der Waals surface area contributed by atoms with Gasteiger partial charge in [0.05, 0.1) is 11.4 Å². The van der Waals surface area contributed by atoms with Crippen molar-refractivity contribution in [2.24, 2.45) is 9.98 Å². The zero-order valence-electron chi connectivity index (χ0n) is 72.2. The van der Waals surface area contributed by atoms with E-state index in [4.69, 9.17) is 25.8 Å². The Labute approximate surface area is 661 Å². The Morgan fingerprint density at radius 3 is 0.586 bits per heavy atom. The molecule has 0 aromatic heterocycles. The number of rotatable bonds is 16. The molecule has 2 radical (unpaired) electrons. The Morgan fingerprint density at radius 2 is 0.475 bits per heavy atom.